The topological polar surface area (TPSA) is 61.8 Å². The quantitative estimate of drug-likeness (QED) is 0.897. The van der Waals surface area contributed by atoms with E-state index in [4.69, 9.17) is 4.74 Å². The summed E-state index contributed by atoms with van der Waals surface area (Å²) in [5.41, 5.74) is 0.986. The number of rotatable bonds is 4. The number of carbonyl (C=O) groups excluding carboxylic acids is 1. The Morgan fingerprint density at radius 1 is 1.48 bits per heavy atom. The highest BCUT2D eigenvalue weighted by molar-refractivity contribution is 5.89. The third-order valence-electron chi connectivity index (χ3n) is 3.41. The molecule has 0 unspecified atom stereocenters. The first-order valence-electron chi connectivity index (χ1n) is 7.43. The lowest BCUT2D eigenvalue weighted by molar-refractivity contribution is 0.0501. The number of fused-ring (bicyclic) bond motifs is 1. The Morgan fingerprint density at radius 3 is 2.90 bits per heavy atom. The van der Waals surface area contributed by atoms with Gasteiger partial charge >= 0.3 is 6.03 Å². The molecule has 0 fully saturated rings. The number of ether oxygens (including phenoxy) is 1. The van der Waals surface area contributed by atoms with Crippen molar-refractivity contribution in [2.24, 2.45) is 0 Å². The summed E-state index contributed by atoms with van der Waals surface area (Å²) in [5, 5.41) is 12.7. The van der Waals surface area contributed by atoms with Crippen LogP contribution in [0.5, 0.6) is 5.75 Å². The SMILES string of the molecule is CCN(CC(C)(C)O)C(=O)Nc1ccc2c(c1)CCCO2. The van der Waals surface area contributed by atoms with E-state index >= 15 is 0 Å². The fourth-order valence-corrected chi connectivity index (χ4v) is 2.43. The Bertz CT molecular complexity index is 509. The van der Waals surface area contributed by atoms with Gasteiger partial charge in [-0.05, 0) is 57.4 Å². The van der Waals surface area contributed by atoms with Crippen molar-refractivity contribution in [3.63, 3.8) is 0 Å². The number of urea groups is 1. The van der Waals surface area contributed by atoms with Gasteiger partial charge in [0.15, 0.2) is 0 Å². The highest BCUT2D eigenvalue weighted by Crippen LogP contribution is 2.27. The van der Waals surface area contributed by atoms with E-state index in [2.05, 4.69) is 5.32 Å². The Balaban J connectivity index is 2.04. The monoisotopic (exact) mass is 292 g/mol. The van der Waals surface area contributed by atoms with Gasteiger partial charge in [0.05, 0.1) is 18.8 Å². The molecule has 1 aliphatic heterocycles. The van der Waals surface area contributed by atoms with E-state index in [9.17, 15) is 9.90 Å². The minimum Gasteiger partial charge on any atom is -0.493 e. The van der Waals surface area contributed by atoms with E-state index in [0.29, 0.717) is 13.1 Å². The molecule has 0 aromatic heterocycles. The van der Waals surface area contributed by atoms with Crippen LogP contribution in [0.4, 0.5) is 10.5 Å². The van der Waals surface area contributed by atoms with Crippen LogP contribution in [0.1, 0.15) is 32.8 Å². The standard InChI is InChI=1S/C16H24N2O3/c1-4-18(11-16(2,3)20)15(19)17-13-7-8-14-12(10-13)6-5-9-21-14/h7-8,10,20H,4-6,9,11H2,1-3H3,(H,17,19). The van der Waals surface area contributed by atoms with E-state index in [1.54, 1.807) is 18.7 Å². The van der Waals surface area contributed by atoms with Gasteiger partial charge in [-0.3, -0.25) is 0 Å². The second kappa shape index (κ2) is 6.35. The number of hydrogen-bond donors (Lipinski definition) is 2. The number of amides is 2. The molecule has 21 heavy (non-hydrogen) atoms. The van der Waals surface area contributed by atoms with Gasteiger partial charge in [-0.1, -0.05) is 0 Å². The minimum absolute atomic E-state index is 0.198. The largest absolute Gasteiger partial charge is 0.493 e. The molecule has 0 saturated heterocycles. The number of benzene rings is 1. The molecule has 0 spiro atoms. The second-order valence-corrected chi connectivity index (χ2v) is 6.03. The van der Waals surface area contributed by atoms with Crippen molar-refractivity contribution in [2.75, 3.05) is 25.0 Å². The number of aliphatic hydroxyl groups is 1. The second-order valence-electron chi connectivity index (χ2n) is 6.03. The fourth-order valence-electron chi connectivity index (χ4n) is 2.43. The Hall–Kier alpha value is -1.75. The van der Waals surface area contributed by atoms with Crippen molar-refractivity contribution in [1.82, 2.24) is 4.90 Å². The molecule has 0 bridgehead atoms. The van der Waals surface area contributed by atoms with Crippen LogP contribution < -0.4 is 10.1 Å². The number of nitrogens with zero attached hydrogens (tertiary/aromatic N) is 1. The summed E-state index contributed by atoms with van der Waals surface area (Å²) < 4.78 is 5.56. The Kier molecular flexibility index (Phi) is 4.73. The zero-order chi connectivity index (χ0) is 15.5. The van der Waals surface area contributed by atoms with E-state index in [1.165, 1.54) is 0 Å². The van der Waals surface area contributed by atoms with Gasteiger partial charge in [0, 0.05) is 12.2 Å². The maximum absolute atomic E-state index is 12.3. The van der Waals surface area contributed by atoms with Crippen LogP contribution in [0.2, 0.25) is 0 Å². The summed E-state index contributed by atoms with van der Waals surface area (Å²) >= 11 is 0. The van der Waals surface area contributed by atoms with Crippen molar-refractivity contribution in [3.05, 3.63) is 23.8 Å². The predicted molar refractivity (Wildman–Crippen MR) is 82.8 cm³/mol. The molecule has 2 rings (SSSR count). The molecule has 1 aliphatic rings. The summed E-state index contributed by atoms with van der Waals surface area (Å²) in [5.74, 6) is 0.906. The molecule has 1 heterocycles. The van der Waals surface area contributed by atoms with Crippen LogP contribution >= 0.6 is 0 Å². The van der Waals surface area contributed by atoms with Crippen LogP contribution in [0.15, 0.2) is 18.2 Å². The lowest BCUT2D eigenvalue weighted by Crippen LogP contribution is -2.44. The highest BCUT2D eigenvalue weighted by atomic mass is 16.5. The van der Waals surface area contributed by atoms with Gasteiger partial charge in [-0.25, -0.2) is 4.79 Å². The van der Waals surface area contributed by atoms with Crippen LogP contribution in [-0.2, 0) is 6.42 Å². The third-order valence-corrected chi connectivity index (χ3v) is 3.41. The summed E-state index contributed by atoms with van der Waals surface area (Å²) in [4.78, 5) is 13.9. The fraction of sp³-hybridized carbons (Fsp3) is 0.562. The average molecular weight is 292 g/mol. The maximum atomic E-state index is 12.3. The van der Waals surface area contributed by atoms with Crippen molar-refractivity contribution in [3.8, 4) is 5.75 Å². The third kappa shape index (κ3) is 4.36. The van der Waals surface area contributed by atoms with Gasteiger partial charge in [0.25, 0.3) is 0 Å². The van der Waals surface area contributed by atoms with Gasteiger partial charge in [0.1, 0.15) is 5.75 Å². The normalized spacial score (nSPS) is 14.1. The van der Waals surface area contributed by atoms with Gasteiger partial charge < -0.3 is 20.1 Å². The Morgan fingerprint density at radius 2 is 2.24 bits per heavy atom. The molecule has 0 radical (unpaired) electrons. The number of likely N-dealkylation sites (N-methyl/N-ethyl adjacent to an activating group) is 1. The van der Waals surface area contributed by atoms with Crippen molar-refractivity contribution in [1.29, 1.82) is 0 Å². The average Bonchev–Trinajstić information content (AvgIpc) is 2.43. The van der Waals surface area contributed by atoms with Crippen molar-refractivity contribution in [2.45, 2.75) is 39.2 Å². The van der Waals surface area contributed by atoms with Gasteiger partial charge in [-0.2, -0.15) is 0 Å². The zero-order valence-electron chi connectivity index (χ0n) is 13.0. The molecule has 116 valence electrons. The minimum atomic E-state index is -0.906. The molecular formula is C16H24N2O3. The maximum Gasteiger partial charge on any atom is 0.321 e. The van der Waals surface area contributed by atoms with Crippen LogP contribution in [0.25, 0.3) is 0 Å². The molecule has 2 amide bonds. The summed E-state index contributed by atoms with van der Waals surface area (Å²) in [6.45, 7) is 6.88. The van der Waals surface area contributed by atoms with E-state index in [-0.39, 0.29) is 6.03 Å². The predicted octanol–water partition coefficient (Wildman–Crippen LogP) is 2.64. The summed E-state index contributed by atoms with van der Waals surface area (Å²) in [6, 6.07) is 5.51. The van der Waals surface area contributed by atoms with Crippen molar-refractivity contribution >= 4 is 11.7 Å². The van der Waals surface area contributed by atoms with E-state index < -0.39 is 5.60 Å². The van der Waals surface area contributed by atoms with Crippen LogP contribution in [-0.4, -0.2) is 41.3 Å². The lowest BCUT2D eigenvalue weighted by atomic mass is 10.1. The number of carbonyl (C=O) groups is 1. The smallest absolute Gasteiger partial charge is 0.321 e. The first-order chi connectivity index (χ1) is 9.89. The Labute approximate surface area is 125 Å². The zero-order valence-corrected chi connectivity index (χ0v) is 13.0. The highest BCUT2D eigenvalue weighted by Gasteiger charge is 2.21. The molecule has 5 nitrogen and oxygen atoms in total. The van der Waals surface area contributed by atoms with E-state index in [0.717, 1.165) is 36.4 Å². The molecule has 1 aromatic carbocycles. The van der Waals surface area contributed by atoms with Crippen LogP contribution in [0, 0.1) is 0 Å². The van der Waals surface area contributed by atoms with Crippen molar-refractivity contribution < 1.29 is 14.6 Å². The first kappa shape index (κ1) is 15.6. The molecule has 0 aliphatic carbocycles. The lowest BCUT2D eigenvalue weighted by Gasteiger charge is -2.28. The molecule has 5 heteroatoms. The molecular weight excluding hydrogens is 268 g/mol. The molecule has 0 atom stereocenters. The van der Waals surface area contributed by atoms with E-state index in [1.807, 2.05) is 25.1 Å². The van der Waals surface area contributed by atoms with Gasteiger partial charge in [-0.15, -0.1) is 0 Å². The number of nitrogens with one attached hydrogen (secondary N) is 1. The first-order valence-corrected chi connectivity index (χ1v) is 7.43. The summed E-state index contributed by atoms with van der Waals surface area (Å²) in [7, 11) is 0. The van der Waals surface area contributed by atoms with Crippen LogP contribution in [0.3, 0.4) is 0 Å². The number of aryl methyl sites for hydroxylation is 1. The van der Waals surface area contributed by atoms with Gasteiger partial charge in [0.2, 0.25) is 0 Å². The number of hydrogen-bond acceptors (Lipinski definition) is 3. The molecule has 1 aromatic rings. The summed E-state index contributed by atoms with van der Waals surface area (Å²) in [6.07, 6.45) is 1.98. The molecule has 2 N–H and O–H groups in total. The number of anilines is 1. The molecule has 0 saturated carbocycles.